The Balaban J connectivity index is 2.50. The van der Waals surface area contributed by atoms with Crippen LogP contribution in [0.3, 0.4) is 0 Å². The Hall–Kier alpha value is -1.71. The molecular weight excluding hydrogens is 204 g/mol. The fourth-order valence-corrected chi connectivity index (χ4v) is 1.24. The van der Waals surface area contributed by atoms with Crippen LogP contribution in [0.1, 0.15) is 20.3 Å². The second-order valence-electron chi connectivity index (χ2n) is 3.62. The molecule has 0 radical (unpaired) electrons. The molecule has 1 amide bonds. The van der Waals surface area contributed by atoms with Gasteiger partial charge in [0.15, 0.2) is 6.10 Å². The van der Waals surface area contributed by atoms with Gasteiger partial charge in [0.05, 0.1) is 0 Å². The van der Waals surface area contributed by atoms with Gasteiger partial charge in [-0.25, -0.2) is 0 Å². The molecule has 0 bridgehead atoms. The summed E-state index contributed by atoms with van der Waals surface area (Å²) < 4.78 is 5.46. The van der Waals surface area contributed by atoms with Crippen LogP contribution in [0.5, 0.6) is 5.75 Å². The number of ether oxygens (including phenoxy) is 1. The Bertz CT molecular complexity index is 353. The lowest BCUT2D eigenvalue weighted by Gasteiger charge is -2.14. The summed E-state index contributed by atoms with van der Waals surface area (Å²) in [7, 11) is 0. The SMILES string of the molecule is CCCNC(=O)[C@@H](C)Oc1cccc(N)c1. The van der Waals surface area contributed by atoms with Crippen molar-refractivity contribution in [2.75, 3.05) is 12.3 Å². The second kappa shape index (κ2) is 6.00. The van der Waals surface area contributed by atoms with E-state index in [0.717, 1.165) is 6.42 Å². The van der Waals surface area contributed by atoms with Gasteiger partial charge < -0.3 is 15.8 Å². The van der Waals surface area contributed by atoms with Gasteiger partial charge in [-0.3, -0.25) is 4.79 Å². The maximum atomic E-state index is 11.5. The van der Waals surface area contributed by atoms with Crippen LogP contribution >= 0.6 is 0 Å². The largest absolute Gasteiger partial charge is 0.481 e. The van der Waals surface area contributed by atoms with Crippen molar-refractivity contribution in [3.63, 3.8) is 0 Å². The predicted molar refractivity (Wildman–Crippen MR) is 64.2 cm³/mol. The Morgan fingerprint density at radius 2 is 2.31 bits per heavy atom. The van der Waals surface area contributed by atoms with Gasteiger partial charge in [-0.05, 0) is 25.5 Å². The van der Waals surface area contributed by atoms with Crippen LogP contribution < -0.4 is 15.8 Å². The number of nitrogens with two attached hydrogens (primary N) is 1. The molecule has 1 atom stereocenters. The van der Waals surface area contributed by atoms with Crippen LogP contribution in [0.15, 0.2) is 24.3 Å². The van der Waals surface area contributed by atoms with Crippen molar-refractivity contribution in [3.05, 3.63) is 24.3 Å². The quantitative estimate of drug-likeness (QED) is 0.743. The first-order valence-electron chi connectivity index (χ1n) is 5.43. The third-order valence-electron chi connectivity index (χ3n) is 2.09. The zero-order valence-electron chi connectivity index (χ0n) is 9.69. The van der Waals surface area contributed by atoms with E-state index >= 15 is 0 Å². The van der Waals surface area contributed by atoms with Crippen LogP contribution in [0.25, 0.3) is 0 Å². The topological polar surface area (TPSA) is 64.3 Å². The van der Waals surface area contributed by atoms with Gasteiger partial charge in [-0.2, -0.15) is 0 Å². The van der Waals surface area contributed by atoms with E-state index in [4.69, 9.17) is 10.5 Å². The summed E-state index contributed by atoms with van der Waals surface area (Å²) in [4.78, 5) is 11.5. The minimum absolute atomic E-state index is 0.107. The van der Waals surface area contributed by atoms with Gasteiger partial charge in [0.25, 0.3) is 5.91 Å². The van der Waals surface area contributed by atoms with Crippen molar-refractivity contribution in [3.8, 4) is 5.75 Å². The van der Waals surface area contributed by atoms with Gasteiger partial charge in [-0.15, -0.1) is 0 Å². The number of nitrogens with one attached hydrogen (secondary N) is 1. The third kappa shape index (κ3) is 3.81. The van der Waals surface area contributed by atoms with E-state index in [1.54, 1.807) is 31.2 Å². The zero-order chi connectivity index (χ0) is 12.0. The summed E-state index contributed by atoms with van der Waals surface area (Å²) in [6, 6.07) is 7.04. The minimum Gasteiger partial charge on any atom is -0.481 e. The predicted octanol–water partition coefficient (Wildman–Crippen LogP) is 1.56. The highest BCUT2D eigenvalue weighted by Gasteiger charge is 2.13. The maximum absolute atomic E-state index is 11.5. The number of hydrogen-bond acceptors (Lipinski definition) is 3. The number of anilines is 1. The Labute approximate surface area is 95.8 Å². The Morgan fingerprint density at radius 1 is 1.56 bits per heavy atom. The standard InChI is InChI=1S/C12H18N2O2/c1-3-7-14-12(15)9(2)16-11-6-4-5-10(13)8-11/h4-6,8-9H,3,7,13H2,1-2H3,(H,14,15)/t9-/m1/s1. The molecule has 0 saturated carbocycles. The van der Waals surface area contributed by atoms with Crippen LogP contribution in [-0.4, -0.2) is 18.6 Å². The minimum atomic E-state index is -0.506. The second-order valence-corrected chi connectivity index (χ2v) is 3.62. The molecule has 1 aromatic rings. The van der Waals surface area contributed by atoms with Crippen LogP contribution in [0.4, 0.5) is 5.69 Å². The molecule has 0 aliphatic rings. The maximum Gasteiger partial charge on any atom is 0.260 e. The molecule has 16 heavy (non-hydrogen) atoms. The van der Waals surface area contributed by atoms with Crippen molar-refractivity contribution in [2.45, 2.75) is 26.4 Å². The molecular formula is C12H18N2O2. The van der Waals surface area contributed by atoms with Crippen LogP contribution in [0, 0.1) is 0 Å². The molecule has 4 heteroatoms. The first-order valence-corrected chi connectivity index (χ1v) is 5.43. The van der Waals surface area contributed by atoms with E-state index in [0.29, 0.717) is 18.0 Å². The van der Waals surface area contributed by atoms with Crippen molar-refractivity contribution in [1.82, 2.24) is 5.32 Å². The highest BCUT2D eigenvalue weighted by atomic mass is 16.5. The highest BCUT2D eigenvalue weighted by Crippen LogP contribution is 2.15. The molecule has 0 aliphatic heterocycles. The van der Waals surface area contributed by atoms with Gasteiger partial charge in [-0.1, -0.05) is 13.0 Å². The molecule has 1 aromatic carbocycles. The normalized spacial score (nSPS) is 11.9. The van der Waals surface area contributed by atoms with Gasteiger partial charge in [0.2, 0.25) is 0 Å². The first kappa shape index (κ1) is 12.4. The average Bonchev–Trinajstić information content (AvgIpc) is 2.25. The van der Waals surface area contributed by atoms with E-state index in [-0.39, 0.29) is 5.91 Å². The summed E-state index contributed by atoms with van der Waals surface area (Å²) >= 11 is 0. The lowest BCUT2D eigenvalue weighted by atomic mass is 10.3. The van der Waals surface area contributed by atoms with Crippen LogP contribution in [-0.2, 0) is 4.79 Å². The average molecular weight is 222 g/mol. The fraction of sp³-hybridized carbons (Fsp3) is 0.417. The van der Waals surface area contributed by atoms with Gasteiger partial charge >= 0.3 is 0 Å². The molecule has 0 aromatic heterocycles. The lowest BCUT2D eigenvalue weighted by Crippen LogP contribution is -2.36. The van der Waals surface area contributed by atoms with Crippen molar-refractivity contribution >= 4 is 11.6 Å². The molecule has 0 saturated heterocycles. The van der Waals surface area contributed by atoms with Crippen molar-refractivity contribution < 1.29 is 9.53 Å². The van der Waals surface area contributed by atoms with Crippen molar-refractivity contribution in [2.24, 2.45) is 0 Å². The molecule has 88 valence electrons. The van der Waals surface area contributed by atoms with Gasteiger partial charge in [0, 0.05) is 18.3 Å². The molecule has 0 spiro atoms. The molecule has 0 unspecified atom stereocenters. The van der Waals surface area contributed by atoms with E-state index in [9.17, 15) is 4.79 Å². The molecule has 0 heterocycles. The monoisotopic (exact) mass is 222 g/mol. The van der Waals surface area contributed by atoms with E-state index in [1.807, 2.05) is 6.92 Å². The summed E-state index contributed by atoms with van der Waals surface area (Å²) in [5.41, 5.74) is 6.23. The van der Waals surface area contributed by atoms with E-state index in [2.05, 4.69) is 5.32 Å². The first-order chi connectivity index (χ1) is 7.63. The molecule has 0 aliphatic carbocycles. The summed E-state index contributed by atoms with van der Waals surface area (Å²) in [6.07, 6.45) is 0.407. The summed E-state index contributed by atoms with van der Waals surface area (Å²) in [5, 5.41) is 2.77. The Morgan fingerprint density at radius 3 is 2.94 bits per heavy atom. The molecule has 4 nitrogen and oxygen atoms in total. The Kier molecular flexibility index (Phi) is 4.64. The lowest BCUT2D eigenvalue weighted by molar-refractivity contribution is -0.127. The summed E-state index contributed by atoms with van der Waals surface area (Å²) in [5.74, 6) is 0.503. The number of carbonyl (C=O) groups excluding carboxylic acids is 1. The number of benzene rings is 1. The number of rotatable bonds is 5. The smallest absolute Gasteiger partial charge is 0.260 e. The van der Waals surface area contributed by atoms with Crippen molar-refractivity contribution in [1.29, 1.82) is 0 Å². The van der Waals surface area contributed by atoms with E-state index in [1.165, 1.54) is 0 Å². The van der Waals surface area contributed by atoms with E-state index < -0.39 is 6.10 Å². The fourth-order valence-electron chi connectivity index (χ4n) is 1.24. The zero-order valence-corrected chi connectivity index (χ0v) is 9.69. The molecule has 0 fully saturated rings. The molecule has 1 rings (SSSR count). The number of carbonyl (C=O) groups is 1. The number of nitrogen functional groups attached to an aromatic ring is 1. The third-order valence-corrected chi connectivity index (χ3v) is 2.09. The van der Waals surface area contributed by atoms with Gasteiger partial charge in [0.1, 0.15) is 5.75 Å². The number of amides is 1. The van der Waals surface area contributed by atoms with Crippen LogP contribution in [0.2, 0.25) is 0 Å². The highest BCUT2D eigenvalue weighted by molar-refractivity contribution is 5.80. The summed E-state index contributed by atoms with van der Waals surface area (Å²) in [6.45, 7) is 4.39. The number of hydrogen-bond donors (Lipinski definition) is 2. The molecule has 3 N–H and O–H groups in total.